The first-order valence-electron chi connectivity index (χ1n) is 11.1. The van der Waals surface area contributed by atoms with Crippen LogP contribution in [0, 0.1) is 13.8 Å². The third-order valence-electron chi connectivity index (χ3n) is 5.33. The van der Waals surface area contributed by atoms with Crippen molar-refractivity contribution in [1.82, 2.24) is 5.32 Å². The number of sulfonamides is 1. The molecule has 3 rings (SSSR count). The molecule has 0 aromatic heterocycles. The van der Waals surface area contributed by atoms with Crippen LogP contribution >= 0.6 is 12.2 Å². The van der Waals surface area contributed by atoms with E-state index in [0.717, 1.165) is 16.6 Å². The smallest absolute Gasteiger partial charge is 0.261 e. The summed E-state index contributed by atoms with van der Waals surface area (Å²) < 4.78 is 38.7. The lowest BCUT2D eigenvalue weighted by molar-refractivity contribution is 0.0970. The molecule has 0 saturated heterocycles. The Morgan fingerprint density at radius 1 is 0.944 bits per heavy atom. The molecule has 36 heavy (non-hydrogen) atoms. The number of methoxy groups -OCH3 is 1. The van der Waals surface area contributed by atoms with Gasteiger partial charge < -0.3 is 14.8 Å². The molecular weight excluding hydrogens is 497 g/mol. The Morgan fingerprint density at radius 2 is 1.64 bits per heavy atom. The van der Waals surface area contributed by atoms with Gasteiger partial charge in [-0.05, 0) is 79.7 Å². The molecule has 1 amide bonds. The Balaban J connectivity index is 1.64. The van der Waals surface area contributed by atoms with Crippen molar-refractivity contribution in [1.29, 1.82) is 0 Å². The standard InChI is InChI=1S/C25H28BN3O5S2/c1-16-4-6-20(14-17(16)2)29-36(31,32)21-9-7-19(8-10-21)27-25(35)28-24(30)22-15-18(26)5-11-23(22)34-13-12-33-3/h4-11,14-15,29H,12-13,26H2,1-3H3,(H2,27,28,30,35). The summed E-state index contributed by atoms with van der Waals surface area (Å²) in [6.07, 6.45) is 0. The third-order valence-corrected chi connectivity index (χ3v) is 6.93. The van der Waals surface area contributed by atoms with Gasteiger partial charge in [0.1, 0.15) is 20.2 Å². The normalized spacial score (nSPS) is 11.0. The molecule has 0 aliphatic heterocycles. The first-order valence-corrected chi connectivity index (χ1v) is 13.0. The van der Waals surface area contributed by atoms with Gasteiger partial charge in [0, 0.05) is 18.5 Å². The van der Waals surface area contributed by atoms with Crippen LogP contribution in [-0.2, 0) is 14.8 Å². The van der Waals surface area contributed by atoms with E-state index in [1.165, 1.54) is 12.1 Å². The SMILES string of the molecule is Bc1ccc(OCCOC)c(C(=O)NC(=S)Nc2ccc(S(=O)(=O)Nc3ccc(C)c(C)c3)cc2)c1. The Morgan fingerprint density at radius 3 is 2.31 bits per heavy atom. The van der Waals surface area contributed by atoms with E-state index >= 15 is 0 Å². The highest BCUT2D eigenvalue weighted by molar-refractivity contribution is 7.92. The van der Waals surface area contributed by atoms with Crippen molar-refractivity contribution < 1.29 is 22.7 Å². The Kier molecular flexibility index (Phi) is 9.08. The average Bonchev–Trinajstić information content (AvgIpc) is 2.82. The molecule has 3 aromatic carbocycles. The van der Waals surface area contributed by atoms with Crippen LogP contribution in [0.25, 0.3) is 0 Å². The number of hydrogen-bond acceptors (Lipinski definition) is 6. The van der Waals surface area contributed by atoms with Crippen LogP contribution in [0.4, 0.5) is 11.4 Å². The van der Waals surface area contributed by atoms with Crippen molar-refractivity contribution in [3.05, 3.63) is 77.4 Å². The summed E-state index contributed by atoms with van der Waals surface area (Å²) >= 11 is 5.28. The lowest BCUT2D eigenvalue weighted by Crippen LogP contribution is -2.34. The fraction of sp³-hybridized carbons (Fsp3) is 0.200. The summed E-state index contributed by atoms with van der Waals surface area (Å²) in [4.78, 5) is 12.9. The summed E-state index contributed by atoms with van der Waals surface area (Å²) in [6, 6.07) is 16.7. The quantitative estimate of drug-likeness (QED) is 0.224. The van der Waals surface area contributed by atoms with Gasteiger partial charge in [0.15, 0.2) is 5.11 Å². The zero-order chi connectivity index (χ0) is 26.3. The Labute approximate surface area is 217 Å². The maximum atomic E-state index is 12.8. The van der Waals surface area contributed by atoms with Gasteiger partial charge >= 0.3 is 0 Å². The van der Waals surface area contributed by atoms with Gasteiger partial charge in [0.05, 0.1) is 17.1 Å². The molecule has 0 heterocycles. The number of rotatable bonds is 9. The highest BCUT2D eigenvalue weighted by Crippen LogP contribution is 2.21. The first-order chi connectivity index (χ1) is 17.1. The summed E-state index contributed by atoms with van der Waals surface area (Å²) in [5.74, 6) is -0.0100. The Hall–Kier alpha value is -3.41. The first kappa shape index (κ1) is 27.2. The molecule has 0 atom stereocenters. The number of hydrogen-bond donors (Lipinski definition) is 3. The van der Waals surface area contributed by atoms with Gasteiger partial charge in [-0.1, -0.05) is 23.7 Å². The molecule has 3 N–H and O–H groups in total. The highest BCUT2D eigenvalue weighted by atomic mass is 32.2. The van der Waals surface area contributed by atoms with Crippen molar-refractivity contribution in [2.45, 2.75) is 18.7 Å². The Bertz CT molecular complexity index is 1360. The van der Waals surface area contributed by atoms with Gasteiger partial charge in [0.2, 0.25) is 0 Å². The minimum atomic E-state index is -3.76. The van der Waals surface area contributed by atoms with Crippen LogP contribution in [0.1, 0.15) is 21.5 Å². The number of carbonyl (C=O) groups excluding carboxylic acids is 1. The predicted octanol–water partition coefficient (Wildman–Crippen LogP) is 2.51. The van der Waals surface area contributed by atoms with Gasteiger partial charge in [-0.3, -0.25) is 14.8 Å². The maximum absolute atomic E-state index is 12.8. The van der Waals surface area contributed by atoms with E-state index in [9.17, 15) is 13.2 Å². The monoisotopic (exact) mass is 525 g/mol. The summed E-state index contributed by atoms with van der Waals surface area (Å²) in [5, 5.41) is 5.59. The van der Waals surface area contributed by atoms with Crippen molar-refractivity contribution in [3.63, 3.8) is 0 Å². The number of aryl methyl sites for hydroxylation is 2. The van der Waals surface area contributed by atoms with E-state index in [-0.39, 0.29) is 10.0 Å². The average molecular weight is 525 g/mol. The van der Waals surface area contributed by atoms with Crippen LogP contribution < -0.4 is 25.6 Å². The molecule has 0 bridgehead atoms. The molecule has 188 valence electrons. The van der Waals surface area contributed by atoms with Crippen molar-refractivity contribution in [2.24, 2.45) is 0 Å². The molecule has 8 nitrogen and oxygen atoms in total. The molecule has 0 unspecified atom stereocenters. The second-order valence-corrected chi connectivity index (χ2v) is 10.3. The van der Waals surface area contributed by atoms with Crippen LogP contribution in [0.3, 0.4) is 0 Å². The molecule has 0 aliphatic rings. The molecule has 0 spiro atoms. The number of amides is 1. The lowest BCUT2D eigenvalue weighted by atomic mass is 9.94. The molecule has 0 radical (unpaired) electrons. The number of benzene rings is 3. The number of nitrogens with one attached hydrogen (secondary N) is 3. The molecule has 0 aliphatic carbocycles. The zero-order valence-corrected chi connectivity index (χ0v) is 22.2. The van der Waals surface area contributed by atoms with Crippen LogP contribution in [0.5, 0.6) is 5.75 Å². The van der Waals surface area contributed by atoms with E-state index in [4.69, 9.17) is 21.7 Å². The van der Waals surface area contributed by atoms with Gasteiger partial charge in [-0.15, -0.1) is 0 Å². The van der Waals surface area contributed by atoms with Crippen molar-refractivity contribution >= 4 is 57.9 Å². The predicted molar refractivity (Wildman–Crippen MR) is 149 cm³/mol. The van der Waals surface area contributed by atoms with Gasteiger partial charge in [0.25, 0.3) is 15.9 Å². The van der Waals surface area contributed by atoms with Crippen LogP contribution in [-0.4, -0.2) is 47.6 Å². The van der Waals surface area contributed by atoms with Crippen LogP contribution in [0.15, 0.2) is 65.6 Å². The second kappa shape index (κ2) is 12.0. The number of anilines is 2. The summed E-state index contributed by atoms with van der Waals surface area (Å²) in [7, 11) is -0.324. The molecular formula is C25H28BN3O5S2. The van der Waals surface area contributed by atoms with Crippen LogP contribution in [0.2, 0.25) is 0 Å². The minimum absolute atomic E-state index is 0.0632. The maximum Gasteiger partial charge on any atom is 0.261 e. The third kappa shape index (κ3) is 7.30. The molecule has 0 fully saturated rings. The van der Waals surface area contributed by atoms with Gasteiger partial charge in [-0.25, -0.2) is 8.42 Å². The number of carbonyl (C=O) groups is 1. The lowest BCUT2D eigenvalue weighted by Gasteiger charge is -2.14. The minimum Gasteiger partial charge on any atom is -0.490 e. The van der Waals surface area contributed by atoms with Gasteiger partial charge in [-0.2, -0.15) is 0 Å². The molecule has 0 saturated carbocycles. The van der Waals surface area contributed by atoms with Crippen molar-refractivity contribution in [2.75, 3.05) is 30.4 Å². The van der Waals surface area contributed by atoms with E-state index in [2.05, 4.69) is 15.4 Å². The number of ether oxygens (including phenoxy) is 2. The zero-order valence-electron chi connectivity index (χ0n) is 20.5. The molecule has 11 heteroatoms. The van der Waals surface area contributed by atoms with E-state index < -0.39 is 15.9 Å². The fourth-order valence-corrected chi connectivity index (χ4v) is 4.51. The van der Waals surface area contributed by atoms with Crippen molar-refractivity contribution in [3.8, 4) is 5.75 Å². The highest BCUT2D eigenvalue weighted by Gasteiger charge is 2.16. The van der Waals surface area contributed by atoms with E-state index in [0.29, 0.717) is 35.9 Å². The summed E-state index contributed by atoms with van der Waals surface area (Å²) in [6.45, 7) is 4.57. The largest absolute Gasteiger partial charge is 0.490 e. The molecule has 3 aromatic rings. The number of thiocarbonyl (C=S) groups is 1. The van der Waals surface area contributed by atoms with E-state index in [1.54, 1.807) is 43.5 Å². The van der Waals surface area contributed by atoms with E-state index in [1.807, 2.05) is 33.8 Å². The fourth-order valence-electron chi connectivity index (χ4n) is 3.25. The summed E-state index contributed by atoms with van der Waals surface area (Å²) in [5.41, 5.74) is 4.31. The topological polar surface area (TPSA) is 106 Å². The second-order valence-electron chi connectivity index (χ2n) is 8.18.